The van der Waals surface area contributed by atoms with E-state index in [9.17, 15) is 4.39 Å². The van der Waals surface area contributed by atoms with Gasteiger partial charge in [0.1, 0.15) is 12.4 Å². The number of halogens is 2. The fourth-order valence-electron chi connectivity index (χ4n) is 1.55. The maximum absolute atomic E-state index is 13.0. The summed E-state index contributed by atoms with van der Waals surface area (Å²) in [5.74, 6) is 0.143. The largest absolute Gasteiger partial charge is 0.489 e. The number of hydrogen-bond acceptors (Lipinski definition) is 3. The first-order chi connectivity index (χ1) is 8.08. The summed E-state index contributed by atoms with van der Waals surface area (Å²) < 4.78 is 19.1. The van der Waals surface area contributed by atoms with E-state index in [2.05, 4.69) is 34.7 Å². The lowest BCUT2D eigenvalue weighted by Gasteiger charge is -2.18. The second kappa shape index (κ2) is 6.81. The lowest BCUT2D eigenvalue weighted by Crippen LogP contribution is -2.28. The van der Waals surface area contributed by atoms with Crippen molar-refractivity contribution in [2.75, 3.05) is 32.0 Å². The minimum absolute atomic E-state index is 0.316. The number of nitrogen functional groups attached to an aromatic ring is 1. The molecule has 0 aliphatic heterocycles. The second-order valence-corrected chi connectivity index (χ2v) is 4.54. The second-order valence-electron chi connectivity index (χ2n) is 3.68. The molecule has 3 nitrogen and oxygen atoms in total. The molecule has 0 amide bonds. The molecule has 0 heterocycles. The van der Waals surface area contributed by atoms with Crippen molar-refractivity contribution < 1.29 is 9.13 Å². The third kappa shape index (κ3) is 4.16. The molecule has 0 unspecified atom stereocenters. The molecule has 0 fully saturated rings. The van der Waals surface area contributed by atoms with Crippen molar-refractivity contribution in [1.29, 1.82) is 0 Å². The van der Waals surface area contributed by atoms with E-state index >= 15 is 0 Å². The zero-order valence-corrected chi connectivity index (χ0v) is 11.8. The number of nitrogens with zero attached hydrogens (tertiary/aromatic N) is 1. The fourth-order valence-corrected chi connectivity index (χ4v) is 2.11. The molecule has 0 saturated heterocycles. The Hall–Kier alpha value is -0.810. The van der Waals surface area contributed by atoms with Gasteiger partial charge in [0.05, 0.1) is 10.2 Å². The molecule has 1 aromatic rings. The van der Waals surface area contributed by atoms with Gasteiger partial charge in [-0.05, 0) is 35.1 Å². The molecule has 0 saturated carbocycles. The highest BCUT2D eigenvalue weighted by atomic mass is 79.9. The maximum Gasteiger partial charge on any atom is 0.156 e. The highest BCUT2D eigenvalue weighted by Crippen LogP contribution is 2.32. The normalized spacial score (nSPS) is 10.9. The Morgan fingerprint density at radius 2 is 2.00 bits per heavy atom. The molecule has 1 aromatic carbocycles. The molecule has 0 radical (unpaired) electrons. The zero-order chi connectivity index (χ0) is 12.8. The van der Waals surface area contributed by atoms with Crippen molar-refractivity contribution in [3.8, 4) is 5.75 Å². The van der Waals surface area contributed by atoms with Crippen LogP contribution in [0.2, 0.25) is 0 Å². The molecular weight excluding hydrogens is 287 g/mol. The lowest BCUT2D eigenvalue weighted by molar-refractivity contribution is 0.222. The molecule has 0 aliphatic carbocycles. The van der Waals surface area contributed by atoms with E-state index in [1.165, 1.54) is 12.1 Å². The van der Waals surface area contributed by atoms with Crippen molar-refractivity contribution in [3.05, 3.63) is 22.4 Å². The van der Waals surface area contributed by atoms with Gasteiger partial charge in [-0.3, -0.25) is 0 Å². The number of benzene rings is 1. The monoisotopic (exact) mass is 304 g/mol. The third-order valence-corrected chi connectivity index (χ3v) is 3.17. The number of rotatable bonds is 6. The molecule has 0 aliphatic rings. The average molecular weight is 305 g/mol. The quantitative estimate of drug-likeness (QED) is 0.821. The van der Waals surface area contributed by atoms with Crippen molar-refractivity contribution in [2.45, 2.75) is 13.8 Å². The Labute approximate surface area is 110 Å². The molecule has 0 spiro atoms. The molecular formula is C12H18BrFN2O. The molecule has 5 heteroatoms. The summed E-state index contributed by atoms with van der Waals surface area (Å²) in [5, 5.41) is 0. The summed E-state index contributed by atoms with van der Waals surface area (Å²) in [5.41, 5.74) is 6.01. The van der Waals surface area contributed by atoms with Crippen molar-refractivity contribution >= 4 is 21.6 Å². The molecule has 2 N–H and O–H groups in total. The fraction of sp³-hybridized carbons (Fsp3) is 0.500. The summed E-state index contributed by atoms with van der Waals surface area (Å²) in [6.07, 6.45) is 0. The van der Waals surface area contributed by atoms with Crippen molar-refractivity contribution in [2.24, 2.45) is 0 Å². The first-order valence-corrected chi connectivity index (χ1v) is 6.47. The predicted molar refractivity (Wildman–Crippen MR) is 71.8 cm³/mol. The van der Waals surface area contributed by atoms with E-state index in [0.29, 0.717) is 22.5 Å². The van der Waals surface area contributed by atoms with Gasteiger partial charge in [0.15, 0.2) is 5.75 Å². The summed E-state index contributed by atoms with van der Waals surface area (Å²) in [6, 6.07) is 2.61. The topological polar surface area (TPSA) is 38.5 Å². The van der Waals surface area contributed by atoms with E-state index in [1.54, 1.807) is 0 Å². The van der Waals surface area contributed by atoms with Gasteiger partial charge in [-0.2, -0.15) is 0 Å². The van der Waals surface area contributed by atoms with Gasteiger partial charge in [0, 0.05) is 12.6 Å². The molecule has 96 valence electrons. The molecule has 1 rings (SSSR count). The van der Waals surface area contributed by atoms with E-state index in [0.717, 1.165) is 19.6 Å². The van der Waals surface area contributed by atoms with Gasteiger partial charge in [-0.1, -0.05) is 13.8 Å². The highest BCUT2D eigenvalue weighted by molar-refractivity contribution is 9.10. The van der Waals surface area contributed by atoms with Crippen LogP contribution in [0.25, 0.3) is 0 Å². The van der Waals surface area contributed by atoms with Crippen LogP contribution in [0.5, 0.6) is 5.75 Å². The number of likely N-dealkylation sites (N-methyl/N-ethyl adjacent to an activating group) is 1. The van der Waals surface area contributed by atoms with Crippen molar-refractivity contribution in [1.82, 2.24) is 4.90 Å². The number of nitrogens with two attached hydrogens (primary N) is 1. The number of hydrogen-bond donors (Lipinski definition) is 1. The standard InChI is InChI=1S/C12H18BrFN2O/c1-3-16(4-2)5-6-17-12-10(13)7-9(14)8-11(12)15/h7-8H,3-6,15H2,1-2H3. The van der Waals surface area contributed by atoms with Crippen LogP contribution in [0.15, 0.2) is 16.6 Å². The third-order valence-electron chi connectivity index (χ3n) is 2.59. The van der Waals surface area contributed by atoms with Crippen LogP contribution in [-0.4, -0.2) is 31.1 Å². The van der Waals surface area contributed by atoms with Crippen molar-refractivity contribution in [3.63, 3.8) is 0 Å². The minimum Gasteiger partial charge on any atom is -0.489 e. The average Bonchev–Trinajstić information content (AvgIpc) is 2.27. The Kier molecular flexibility index (Phi) is 5.71. The maximum atomic E-state index is 13.0. The van der Waals surface area contributed by atoms with Crippen LogP contribution in [0.3, 0.4) is 0 Å². The van der Waals surface area contributed by atoms with E-state index < -0.39 is 0 Å². The van der Waals surface area contributed by atoms with Gasteiger partial charge in [0.2, 0.25) is 0 Å². The van der Waals surface area contributed by atoms with Crippen LogP contribution in [-0.2, 0) is 0 Å². The van der Waals surface area contributed by atoms with Crippen LogP contribution < -0.4 is 10.5 Å². The number of anilines is 1. The van der Waals surface area contributed by atoms with Gasteiger partial charge < -0.3 is 15.4 Å². The summed E-state index contributed by atoms with van der Waals surface area (Å²) >= 11 is 3.24. The smallest absolute Gasteiger partial charge is 0.156 e. The van der Waals surface area contributed by atoms with Gasteiger partial charge >= 0.3 is 0 Å². The van der Waals surface area contributed by atoms with Crippen LogP contribution >= 0.6 is 15.9 Å². The molecule has 17 heavy (non-hydrogen) atoms. The van der Waals surface area contributed by atoms with E-state index in [4.69, 9.17) is 10.5 Å². The Bertz CT molecular complexity index is 347. The lowest BCUT2D eigenvalue weighted by atomic mass is 10.3. The zero-order valence-electron chi connectivity index (χ0n) is 10.2. The summed E-state index contributed by atoms with van der Waals surface area (Å²) in [6.45, 7) is 7.55. The molecule has 0 atom stereocenters. The van der Waals surface area contributed by atoms with Gasteiger partial charge in [0.25, 0.3) is 0 Å². The Morgan fingerprint density at radius 3 is 2.53 bits per heavy atom. The Balaban J connectivity index is 2.58. The Morgan fingerprint density at radius 1 is 1.35 bits per heavy atom. The van der Waals surface area contributed by atoms with Crippen LogP contribution in [0.1, 0.15) is 13.8 Å². The van der Waals surface area contributed by atoms with E-state index in [1.807, 2.05) is 0 Å². The number of ether oxygens (including phenoxy) is 1. The molecule has 0 bridgehead atoms. The van der Waals surface area contributed by atoms with E-state index in [-0.39, 0.29) is 5.82 Å². The summed E-state index contributed by atoms with van der Waals surface area (Å²) in [7, 11) is 0. The minimum atomic E-state index is -0.370. The predicted octanol–water partition coefficient (Wildman–Crippen LogP) is 2.89. The summed E-state index contributed by atoms with van der Waals surface area (Å²) in [4.78, 5) is 2.24. The van der Waals surface area contributed by atoms with Gasteiger partial charge in [-0.15, -0.1) is 0 Å². The first-order valence-electron chi connectivity index (χ1n) is 5.68. The van der Waals surface area contributed by atoms with Crippen LogP contribution in [0.4, 0.5) is 10.1 Å². The first kappa shape index (κ1) is 14.3. The molecule has 0 aromatic heterocycles. The SMILES string of the molecule is CCN(CC)CCOc1c(N)cc(F)cc1Br. The highest BCUT2D eigenvalue weighted by Gasteiger charge is 2.09. The van der Waals surface area contributed by atoms with Gasteiger partial charge in [-0.25, -0.2) is 4.39 Å². The van der Waals surface area contributed by atoms with Crippen LogP contribution in [0, 0.1) is 5.82 Å².